The molecule has 1 heterocycles. The van der Waals surface area contributed by atoms with Gasteiger partial charge in [0.15, 0.2) is 12.4 Å². The molecule has 3 rings (SSSR count). The zero-order chi connectivity index (χ0) is 19.2. The molecule has 0 spiro atoms. The quantitative estimate of drug-likeness (QED) is 0.557. The molecular formula is C22H23NO4. The molecule has 0 aromatic heterocycles. The Bertz CT molecular complexity index is 824. The van der Waals surface area contributed by atoms with Crippen LogP contribution in [0.15, 0.2) is 48.5 Å². The van der Waals surface area contributed by atoms with E-state index in [1.54, 1.807) is 24.3 Å². The maximum absolute atomic E-state index is 12.1. The van der Waals surface area contributed by atoms with Gasteiger partial charge in [-0.3, -0.25) is 9.59 Å². The van der Waals surface area contributed by atoms with E-state index in [9.17, 15) is 14.4 Å². The van der Waals surface area contributed by atoms with Crippen LogP contribution in [0.2, 0.25) is 0 Å². The molecule has 1 saturated heterocycles. The minimum absolute atomic E-state index is 0.170. The molecule has 5 heteroatoms. The average Bonchev–Trinajstić information content (AvgIpc) is 3.11. The smallest absolute Gasteiger partial charge is 0.338 e. The first-order valence-electron chi connectivity index (χ1n) is 9.23. The lowest BCUT2D eigenvalue weighted by atomic mass is 10.1. The Morgan fingerprint density at radius 3 is 2.19 bits per heavy atom. The molecule has 2 aromatic carbocycles. The van der Waals surface area contributed by atoms with E-state index in [0.717, 1.165) is 30.5 Å². The third-order valence-electron chi connectivity index (χ3n) is 4.75. The van der Waals surface area contributed by atoms with Crippen LogP contribution in [-0.4, -0.2) is 35.7 Å². The van der Waals surface area contributed by atoms with E-state index in [0.29, 0.717) is 24.1 Å². The fourth-order valence-electron chi connectivity index (χ4n) is 3.06. The first-order chi connectivity index (χ1) is 13.1. The molecule has 0 atom stereocenters. The zero-order valence-electron chi connectivity index (χ0n) is 15.4. The molecule has 0 bridgehead atoms. The number of carbonyl (C=O) groups is 3. The normalized spacial score (nSPS) is 13.7. The Morgan fingerprint density at radius 1 is 0.963 bits per heavy atom. The molecule has 140 valence electrons. The number of hydrogen-bond acceptors (Lipinski definition) is 4. The molecule has 0 aliphatic carbocycles. The van der Waals surface area contributed by atoms with Gasteiger partial charge in [-0.1, -0.05) is 43.3 Å². The lowest BCUT2D eigenvalue weighted by molar-refractivity contribution is -0.128. The number of ketones is 1. The monoisotopic (exact) mass is 365 g/mol. The van der Waals surface area contributed by atoms with Gasteiger partial charge in [0.1, 0.15) is 0 Å². The van der Waals surface area contributed by atoms with Gasteiger partial charge in [-0.15, -0.1) is 0 Å². The highest BCUT2D eigenvalue weighted by molar-refractivity contribution is 5.99. The summed E-state index contributed by atoms with van der Waals surface area (Å²) in [6, 6.07) is 14.3. The minimum Gasteiger partial charge on any atom is -0.454 e. The second kappa shape index (κ2) is 8.62. The molecule has 0 radical (unpaired) electrons. The SMILES string of the molecule is CCc1ccc(C(=O)COC(=O)c2ccc(CN3CCCC3=O)cc2)cc1. The summed E-state index contributed by atoms with van der Waals surface area (Å²) in [5.41, 5.74) is 3.04. The minimum atomic E-state index is -0.530. The summed E-state index contributed by atoms with van der Waals surface area (Å²) in [5.74, 6) is -0.587. The van der Waals surface area contributed by atoms with Crippen LogP contribution in [-0.2, 0) is 22.5 Å². The zero-order valence-corrected chi connectivity index (χ0v) is 15.4. The van der Waals surface area contributed by atoms with E-state index >= 15 is 0 Å². The first kappa shape index (κ1) is 18.8. The molecular weight excluding hydrogens is 342 g/mol. The first-order valence-corrected chi connectivity index (χ1v) is 9.23. The fourth-order valence-corrected chi connectivity index (χ4v) is 3.06. The Kier molecular flexibility index (Phi) is 6.01. The van der Waals surface area contributed by atoms with Gasteiger partial charge < -0.3 is 9.64 Å². The third-order valence-corrected chi connectivity index (χ3v) is 4.75. The molecule has 1 fully saturated rings. The molecule has 1 aliphatic rings. The predicted molar refractivity (Wildman–Crippen MR) is 102 cm³/mol. The number of esters is 1. The third kappa shape index (κ3) is 4.82. The fraction of sp³-hybridized carbons (Fsp3) is 0.318. The highest BCUT2D eigenvalue weighted by Gasteiger charge is 2.20. The van der Waals surface area contributed by atoms with Crippen molar-refractivity contribution in [1.29, 1.82) is 0 Å². The summed E-state index contributed by atoms with van der Waals surface area (Å²) >= 11 is 0. The van der Waals surface area contributed by atoms with Gasteiger partial charge in [0.05, 0.1) is 5.56 Å². The van der Waals surface area contributed by atoms with Gasteiger partial charge in [0.25, 0.3) is 0 Å². The molecule has 1 aliphatic heterocycles. The van der Waals surface area contributed by atoms with Gasteiger partial charge in [0, 0.05) is 25.1 Å². The number of likely N-dealkylation sites (tertiary alicyclic amines) is 1. The summed E-state index contributed by atoms with van der Waals surface area (Å²) in [6.07, 6.45) is 2.42. The van der Waals surface area contributed by atoms with Gasteiger partial charge in [0.2, 0.25) is 5.91 Å². The van der Waals surface area contributed by atoms with Crippen LogP contribution in [0, 0.1) is 0 Å². The lowest BCUT2D eigenvalue weighted by Crippen LogP contribution is -2.23. The predicted octanol–water partition coefficient (Wildman–Crippen LogP) is 3.41. The van der Waals surface area contributed by atoms with Crippen LogP contribution in [0.4, 0.5) is 0 Å². The van der Waals surface area contributed by atoms with E-state index < -0.39 is 5.97 Å². The number of rotatable bonds is 7. The Morgan fingerprint density at radius 2 is 1.59 bits per heavy atom. The Balaban J connectivity index is 1.52. The molecule has 0 unspecified atom stereocenters. The van der Waals surface area contributed by atoms with Crippen molar-refractivity contribution >= 4 is 17.7 Å². The summed E-state index contributed by atoms with van der Waals surface area (Å²) in [4.78, 5) is 37.8. The van der Waals surface area contributed by atoms with E-state index in [4.69, 9.17) is 4.74 Å². The average molecular weight is 365 g/mol. The lowest BCUT2D eigenvalue weighted by Gasteiger charge is -2.15. The highest BCUT2D eigenvalue weighted by Crippen LogP contribution is 2.15. The van der Waals surface area contributed by atoms with Crippen molar-refractivity contribution < 1.29 is 19.1 Å². The number of aryl methyl sites for hydroxylation is 1. The van der Waals surface area contributed by atoms with Crippen molar-refractivity contribution in [3.8, 4) is 0 Å². The largest absolute Gasteiger partial charge is 0.454 e. The van der Waals surface area contributed by atoms with Crippen LogP contribution in [0.5, 0.6) is 0 Å². The molecule has 5 nitrogen and oxygen atoms in total. The number of nitrogens with zero attached hydrogens (tertiary/aromatic N) is 1. The summed E-state index contributed by atoms with van der Waals surface area (Å²) < 4.78 is 5.14. The van der Waals surface area contributed by atoms with Crippen LogP contribution < -0.4 is 0 Å². The van der Waals surface area contributed by atoms with Crippen molar-refractivity contribution in [2.75, 3.05) is 13.2 Å². The van der Waals surface area contributed by atoms with Crippen LogP contribution in [0.1, 0.15) is 51.6 Å². The van der Waals surface area contributed by atoms with Crippen LogP contribution in [0.25, 0.3) is 0 Å². The van der Waals surface area contributed by atoms with Crippen molar-refractivity contribution in [2.24, 2.45) is 0 Å². The van der Waals surface area contributed by atoms with Gasteiger partial charge >= 0.3 is 5.97 Å². The summed E-state index contributed by atoms with van der Waals surface area (Å²) in [6.45, 7) is 3.10. The van der Waals surface area contributed by atoms with Crippen LogP contribution in [0.3, 0.4) is 0 Å². The maximum atomic E-state index is 12.1. The van der Waals surface area contributed by atoms with E-state index in [1.807, 2.05) is 36.1 Å². The number of Topliss-reactive ketones (excluding diaryl/α,β-unsaturated/α-hetero) is 1. The highest BCUT2D eigenvalue weighted by atomic mass is 16.5. The van der Waals surface area contributed by atoms with Crippen molar-refractivity contribution in [2.45, 2.75) is 32.7 Å². The number of ether oxygens (including phenoxy) is 1. The summed E-state index contributed by atoms with van der Waals surface area (Å²) in [7, 11) is 0. The topological polar surface area (TPSA) is 63.7 Å². The second-order valence-corrected chi connectivity index (χ2v) is 6.67. The van der Waals surface area contributed by atoms with Gasteiger partial charge in [-0.2, -0.15) is 0 Å². The Hall–Kier alpha value is -2.95. The van der Waals surface area contributed by atoms with E-state index in [2.05, 4.69) is 0 Å². The van der Waals surface area contributed by atoms with Gasteiger partial charge in [-0.05, 0) is 36.1 Å². The number of carbonyl (C=O) groups excluding carboxylic acids is 3. The van der Waals surface area contributed by atoms with E-state index in [-0.39, 0.29) is 18.3 Å². The second-order valence-electron chi connectivity index (χ2n) is 6.67. The molecule has 2 aromatic rings. The van der Waals surface area contributed by atoms with Crippen molar-refractivity contribution in [1.82, 2.24) is 4.90 Å². The number of hydrogen-bond donors (Lipinski definition) is 0. The van der Waals surface area contributed by atoms with Crippen molar-refractivity contribution in [3.05, 3.63) is 70.8 Å². The van der Waals surface area contributed by atoms with Crippen LogP contribution >= 0.6 is 0 Å². The van der Waals surface area contributed by atoms with E-state index in [1.165, 1.54) is 0 Å². The molecule has 1 amide bonds. The van der Waals surface area contributed by atoms with Crippen molar-refractivity contribution in [3.63, 3.8) is 0 Å². The molecule has 0 N–H and O–H groups in total. The standard InChI is InChI=1S/C22H23NO4/c1-2-16-5-9-18(10-6-16)20(24)15-27-22(26)19-11-7-17(8-12-19)14-23-13-3-4-21(23)25/h5-12H,2-4,13-15H2,1H3. The maximum Gasteiger partial charge on any atom is 0.338 e. The summed E-state index contributed by atoms with van der Waals surface area (Å²) in [5, 5.41) is 0. The Labute approximate surface area is 158 Å². The molecule has 27 heavy (non-hydrogen) atoms. The number of benzene rings is 2. The van der Waals surface area contributed by atoms with Gasteiger partial charge in [-0.25, -0.2) is 4.79 Å². The molecule has 0 saturated carbocycles. The number of amides is 1.